The van der Waals surface area contributed by atoms with E-state index in [0.29, 0.717) is 6.42 Å². The molecule has 2 aromatic carbocycles. The van der Waals surface area contributed by atoms with E-state index in [-0.39, 0.29) is 17.7 Å². The van der Waals surface area contributed by atoms with Crippen LogP contribution in [-0.2, 0) is 16.0 Å². The van der Waals surface area contributed by atoms with E-state index in [4.69, 9.17) is 0 Å². The monoisotopic (exact) mass is 350 g/mol. The Morgan fingerprint density at radius 3 is 2.58 bits per heavy atom. The van der Waals surface area contributed by atoms with Crippen molar-refractivity contribution in [3.8, 4) is 0 Å². The molecular formula is C22H26N2O2. The smallest absolute Gasteiger partial charge is 0.231 e. The van der Waals surface area contributed by atoms with Crippen LogP contribution in [0.4, 0.5) is 11.4 Å². The predicted octanol–water partition coefficient (Wildman–Crippen LogP) is 4.51. The van der Waals surface area contributed by atoms with Gasteiger partial charge in [-0.2, -0.15) is 0 Å². The van der Waals surface area contributed by atoms with Gasteiger partial charge in [0.1, 0.15) is 0 Å². The molecule has 0 fully saturated rings. The molecule has 1 atom stereocenters. The summed E-state index contributed by atoms with van der Waals surface area (Å²) in [5.41, 5.74) is 3.94. The number of carbonyl (C=O) groups excluding carboxylic acids is 2. The summed E-state index contributed by atoms with van der Waals surface area (Å²) in [5.74, 6) is 0.0348. The van der Waals surface area contributed by atoms with Crippen molar-refractivity contribution in [1.82, 2.24) is 0 Å². The summed E-state index contributed by atoms with van der Waals surface area (Å²) in [5, 5.41) is 3.06. The van der Waals surface area contributed by atoms with E-state index in [1.165, 1.54) is 0 Å². The number of nitrogens with zero attached hydrogens (tertiary/aromatic N) is 1. The van der Waals surface area contributed by atoms with Gasteiger partial charge in [-0.05, 0) is 48.6 Å². The van der Waals surface area contributed by atoms with E-state index in [1.807, 2.05) is 60.4 Å². The molecule has 1 unspecified atom stereocenters. The zero-order valence-electron chi connectivity index (χ0n) is 15.5. The third-order valence-electron chi connectivity index (χ3n) is 4.92. The highest BCUT2D eigenvalue weighted by atomic mass is 16.2. The van der Waals surface area contributed by atoms with Crippen molar-refractivity contribution in [2.75, 3.05) is 16.8 Å². The molecule has 1 N–H and O–H groups in total. The molecule has 2 aromatic rings. The van der Waals surface area contributed by atoms with Crippen molar-refractivity contribution in [2.45, 2.75) is 45.4 Å². The Bertz CT molecular complexity index is 786. The molecule has 1 aliphatic heterocycles. The summed E-state index contributed by atoms with van der Waals surface area (Å²) in [4.78, 5) is 26.8. The van der Waals surface area contributed by atoms with Crippen LogP contribution < -0.4 is 10.2 Å². The Hall–Kier alpha value is -2.62. The van der Waals surface area contributed by atoms with E-state index >= 15 is 0 Å². The largest absolute Gasteiger partial charge is 0.326 e. The second-order valence-electron chi connectivity index (χ2n) is 6.75. The summed E-state index contributed by atoms with van der Waals surface area (Å²) < 4.78 is 0. The van der Waals surface area contributed by atoms with Crippen LogP contribution in [0, 0.1) is 0 Å². The molecule has 1 aliphatic rings. The van der Waals surface area contributed by atoms with Crippen LogP contribution in [0.2, 0.25) is 0 Å². The number of rotatable bonds is 6. The number of fused-ring (bicyclic) bond motifs is 1. The molecule has 3 rings (SSSR count). The van der Waals surface area contributed by atoms with Gasteiger partial charge in [0.2, 0.25) is 11.8 Å². The van der Waals surface area contributed by atoms with Gasteiger partial charge in [0.15, 0.2) is 0 Å². The van der Waals surface area contributed by atoms with Crippen LogP contribution in [0.1, 0.15) is 50.2 Å². The molecule has 0 saturated heterocycles. The lowest BCUT2D eigenvalue weighted by Crippen LogP contribution is -2.35. The van der Waals surface area contributed by atoms with E-state index in [2.05, 4.69) is 12.2 Å². The van der Waals surface area contributed by atoms with Crippen molar-refractivity contribution in [3.05, 3.63) is 59.7 Å². The number of hydrogen-bond acceptors (Lipinski definition) is 2. The van der Waals surface area contributed by atoms with Gasteiger partial charge in [0, 0.05) is 24.3 Å². The van der Waals surface area contributed by atoms with E-state index in [0.717, 1.165) is 48.3 Å². The lowest BCUT2D eigenvalue weighted by Gasteiger charge is -2.29. The Kier molecular flexibility index (Phi) is 5.71. The second kappa shape index (κ2) is 8.17. The van der Waals surface area contributed by atoms with E-state index in [1.54, 1.807) is 0 Å². The zero-order valence-corrected chi connectivity index (χ0v) is 15.5. The average Bonchev–Trinajstić information content (AvgIpc) is 2.65. The number of aryl methyl sites for hydroxylation is 1. The molecule has 0 aliphatic carbocycles. The summed E-state index contributed by atoms with van der Waals surface area (Å²) in [7, 11) is 0. The molecule has 26 heavy (non-hydrogen) atoms. The Labute approximate surface area is 155 Å². The Morgan fingerprint density at radius 1 is 1.12 bits per heavy atom. The molecule has 0 aromatic heterocycles. The number of anilines is 2. The first-order valence-electron chi connectivity index (χ1n) is 9.43. The topological polar surface area (TPSA) is 49.4 Å². The highest BCUT2D eigenvalue weighted by molar-refractivity contribution is 5.98. The third-order valence-corrected chi connectivity index (χ3v) is 4.92. The minimum Gasteiger partial charge on any atom is -0.326 e. The Morgan fingerprint density at radius 2 is 1.88 bits per heavy atom. The lowest BCUT2D eigenvalue weighted by atomic mass is 9.95. The van der Waals surface area contributed by atoms with Crippen LogP contribution in [-0.4, -0.2) is 18.4 Å². The quantitative estimate of drug-likeness (QED) is 0.833. The van der Waals surface area contributed by atoms with Gasteiger partial charge in [0.05, 0.1) is 5.92 Å². The van der Waals surface area contributed by atoms with Crippen molar-refractivity contribution in [1.29, 1.82) is 0 Å². The number of hydrogen-bond donors (Lipinski definition) is 1. The standard InChI is InChI=1S/C22H26N2O2/c1-3-14-24-20-12-11-18(15-17(20)10-13-21(24)25)23-22(26)19(4-2)16-8-6-5-7-9-16/h5-9,11-12,15,19H,3-4,10,13-14H2,1-2H3,(H,23,26). The highest BCUT2D eigenvalue weighted by Crippen LogP contribution is 2.31. The SMILES string of the molecule is CCCN1C(=O)CCc2cc(NC(=O)C(CC)c3ccccc3)ccc21. The molecule has 1 heterocycles. The summed E-state index contributed by atoms with van der Waals surface area (Å²) in [6.07, 6.45) is 2.94. The van der Waals surface area contributed by atoms with E-state index in [9.17, 15) is 9.59 Å². The molecule has 0 spiro atoms. The number of amides is 2. The number of benzene rings is 2. The van der Waals surface area contributed by atoms with Crippen LogP contribution in [0.25, 0.3) is 0 Å². The van der Waals surface area contributed by atoms with Gasteiger partial charge in [-0.25, -0.2) is 0 Å². The third kappa shape index (κ3) is 3.79. The van der Waals surface area contributed by atoms with Crippen LogP contribution in [0.3, 0.4) is 0 Å². The summed E-state index contributed by atoms with van der Waals surface area (Å²) in [6.45, 7) is 4.84. The molecule has 0 radical (unpaired) electrons. The van der Waals surface area contributed by atoms with Gasteiger partial charge >= 0.3 is 0 Å². The summed E-state index contributed by atoms with van der Waals surface area (Å²) in [6, 6.07) is 15.7. The number of nitrogens with one attached hydrogen (secondary N) is 1. The molecular weight excluding hydrogens is 324 g/mol. The van der Waals surface area contributed by atoms with Gasteiger partial charge in [-0.1, -0.05) is 44.2 Å². The molecule has 4 heteroatoms. The first-order valence-corrected chi connectivity index (χ1v) is 9.43. The molecule has 0 saturated carbocycles. The second-order valence-corrected chi connectivity index (χ2v) is 6.75. The molecule has 4 nitrogen and oxygen atoms in total. The van der Waals surface area contributed by atoms with Gasteiger partial charge < -0.3 is 10.2 Å². The highest BCUT2D eigenvalue weighted by Gasteiger charge is 2.24. The minimum absolute atomic E-state index is 0.0101. The van der Waals surface area contributed by atoms with Gasteiger partial charge in [-0.3, -0.25) is 9.59 Å². The minimum atomic E-state index is -0.162. The first kappa shape index (κ1) is 18.2. The molecule has 2 amide bonds. The first-order chi connectivity index (χ1) is 12.6. The van der Waals surface area contributed by atoms with E-state index < -0.39 is 0 Å². The van der Waals surface area contributed by atoms with Crippen molar-refractivity contribution in [2.24, 2.45) is 0 Å². The zero-order chi connectivity index (χ0) is 18.5. The molecule has 136 valence electrons. The normalized spacial score (nSPS) is 14.7. The van der Waals surface area contributed by atoms with Gasteiger partial charge in [0.25, 0.3) is 0 Å². The van der Waals surface area contributed by atoms with Crippen molar-refractivity contribution in [3.63, 3.8) is 0 Å². The Balaban J connectivity index is 1.78. The summed E-state index contributed by atoms with van der Waals surface area (Å²) >= 11 is 0. The van der Waals surface area contributed by atoms with Crippen LogP contribution >= 0.6 is 0 Å². The van der Waals surface area contributed by atoms with Crippen molar-refractivity contribution >= 4 is 23.2 Å². The van der Waals surface area contributed by atoms with Crippen molar-refractivity contribution < 1.29 is 9.59 Å². The lowest BCUT2D eigenvalue weighted by molar-refractivity contribution is -0.119. The fourth-order valence-electron chi connectivity index (χ4n) is 3.59. The maximum Gasteiger partial charge on any atom is 0.231 e. The maximum absolute atomic E-state index is 12.8. The van der Waals surface area contributed by atoms with Crippen LogP contribution in [0.5, 0.6) is 0 Å². The maximum atomic E-state index is 12.8. The van der Waals surface area contributed by atoms with Crippen LogP contribution in [0.15, 0.2) is 48.5 Å². The molecule has 0 bridgehead atoms. The number of carbonyl (C=O) groups is 2. The van der Waals surface area contributed by atoms with Gasteiger partial charge in [-0.15, -0.1) is 0 Å². The average molecular weight is 350 g/mol. The fourth-order valence-corrected chi connectivity index (χ4v) is 3.59. The predicted molar refractivity (Wildman–Crippen MR) is 106 cm³/mol. The fraction of sp³-hybridized carbons (Fsp3) is 0.364.